The van der Waals surface area contributed by atoms with Gasteiger partial charge >= 0.3 is 0 Å². The number of ether oxygens (including phenoxy) is 2. The third kappa shape index (κ3) is 3.03. The molecule has 1 aliphatic carbocycles. The van der Waals surface area contributed by atoms with Crippen LogP contribution in [0.4, 0.5) is 5.95 Å². The molecule has 2 atom stereocenters. The number of fused-ring (bicyclic) bond motifs is 3. The molecule has 4 aromatic rings. The van der Waals surface area contributed by atoms with Gasteiger partial charge in [0.05, 0.1) is 37.6 Å². The maximum Gasteiger partial charge on any atom is 0.209 e. The number of methoxy groups -OCH3 is 2. The summed E-state index contributed by atoms with van der Waals surface area (Å²) in [6.45, 7) is 0. The minimum absolute atomic E-state index is 0.000678. The summed E-state index contributed by atoms with van der Waals surface area (Å²) in [6, 6.07) is 17.3. The highest BCUT2D eigenvalue weighted by atomic mass is 16.5. The number of hydrogen-bond donors (Lipinski definition) is 1. The Morgan fingerprint density at radius 1 is 1.03 bits per heavy atom. The van der Waals surface area contributed by atoms with Gasteiger partial charge in [-0.05, 0) is 48.4 Å². The smallest absolute Gasteiger partial charge is 0.209 e. The number of imidazole rings is 1. The molecule has 2 aromatic heterocycles. The fourth-order valence-corrected chi connectivity index (χ4v) is 5.09. The molecule has 0 unspecified atom stereocenters. The van der Waals surface area contributed by atoms with E-state index >= 15 is 0 Å². The molecule has 0 fully saturated rings. The fourth-order valence-electron chi connectivity index (χ4n) is 5.09. The number of allylic oxidation sites excluding steroid dienone is 2. The summed E-state index contributed by atoms with van der Waals surface area (Å²) < 4.78 is 18.8. The summed E-state index contributed by atoms with van der Waals surface area (Å²) >= 11 is 0. The molecule has 2 aliphatic rings. The maximum atomic E-state index is 13.6. The summed E-state index contributed by atoms with van der Waals surface area (Å²) in [6.07, 6.45) is 2.74. The predicted molar refractivity (Wildman–Crippen MR) is 124 cm³/mol. The number of furan rings is 1. The van der Waals surface area contributed by atoms with E-state index in [0.29, 0.717) is 24.3 Å². The van der Waals surface area contributed by atoms with Crippen LogP contribution in [0, 0.1) is 0 Å². The van der Waals surface area contributed by atoms with Crippen molar-refractivity contribution in [3.05, 3.63) is 83.5 Å². The molecule has 0 amide bonds. The minimum Gasteiger partial charge on any atom is -0.493 e. The Kier molecular flexibility index (Phi) is 4.50. The number of rotatable bonds is 4. The summed E-state index contributed by atoms with van der Waals surface area (Å²) in [4.78, 5) is 18.5. The molecule has 33 heavy (non-hydrogen) atoms. The van der Waals surface area contributed by atoms with E-state index in [9.17, 15) is 4.79 Å². The number of Topliss-reactive ketones (excluding diaryl/α,β-unsaturated/α-hetero) is 1. The Balaban J connectivity index is 1.55. The molecule has 6 rings (SSSR count). The number of para-hydroxylation sites is 2. The summed E-state index contributed by atoms with van der Waals surface area (Å²) in [5.41, 5.74) is 4.44. The first-order chi connectivity index (χ1) is 16.2. The number of carbonyl (C=O) groups is 1. The van der Waals surface area contributed by atoms with Crippen LogP contribution < -0.4 is 14.8 Å². The number of hydrogen-bond acceptors (Lipinski definition) is 6. The van der Waals surface area contributed by atoms with Crippen molar-refractivity contribution < 1.29 is 18.7 Å². The van der Waals surface area contributed by atoms with Crippen LogP contribution in [-0.4, -0.2) is 29.6 Å². The molecule has 0 radical (unpaired) electrons. The third-order valence-electron chi connectivity index (χ3n) is 6.57. The van der Waals surface area contributed by atoms with Crippen molar-refractivity contribution in [3.8, 4) is 11.5 Å². The van der Waals surface area contributed by atoms with Crippen molar-refractivity contribution in [2.24, 2.45) is 0 Å². The van der Waals surface area contributed by atoms with Crippen molar-refractivity contribution in [2.75, 3.05) is 19.5 Å². The second-order valence-corrected chi connectivity index (χ2v) is 8.37. The van der Waals surface area contributed by atoms with Gasteiger partial charge in [-0.25, -0.2) is 4.98 Å². The SMILES string of the molecule is COc1ccc([C@H]2C3=C(C[C@@H](c4ccco4)CC3=O)Nc3nc4ccccc4n32)cc1OC. The highest BCUT2D eigenvalue weighted by Gasteiger charge is 2.40. The molecule has 1 N–H and O–H groups in total. The zero-order valence-corrected chi connectivity index (χ0v) is 18.4. The fraction of sp³-hybridized carbons (Fsp3) is 0.231. The predicted octanol–water partition coefficient (Wildman–Crippen LogP) is 5.06. The monoisotopic (exact) mass is 441 g/mol. The Hall–Kier alpha value is -4.00. The Labute approximate surface area is 190 Å². The standard InChI is InChI=1S/C26H23N3O4/c1-31-22-10-9-15(14-23(22)32-2)25-24-18(12-16(13-20(24)30)21-8-5-11-33-21)28-26-27-17-6-3-4-7-19(17)29(25)26/h3-11,14,16,25H,12-13H2,1-2H3,(H,27,28)/t16-,25+/m1/s1. The maximum absolute atomic E-state index is 13.6. The lowest BCUT2D eigenvalue weighted by atomic mass is 9.79. The van der Waals surface area contributed by atoms with Crippen LogP contribution in [-0.2, 0) is 4.79 Å². The average molecular weight is 441 g/mol. The average Bonchev–Trinajstić information content (AvgIpc) is 3.50. The van der Waals surface area contributed by atoms with Crippen LogP contribution in [0.1, 0.15) is 36.1 Å². The molecule has 166 valence electrons. The van der Waals surface area contributed by atoms with Crippen LogP contribution in [0.25, 0.3) is 11.0 Å². The van der Waals surface area contributed by atoms with Gasteiger partial charge in [0, 0.05) is 23.6 Å². The quantitative estimate of drug-likeness (QED) is 0.477. The summed E-state index contributed by atoms with van der Waals surface area (Å²) in [5.74, 6) is 2.93. The van der Waals surface area contributed by atoms with E-state index in [1.54, 1.807) is 20.5 Å². The van der Waals surface area contributed by atoms with Crippen molar-refractivity contribution in [2.45, 2.75) is 24.8 Å². The van der Waals surface area contributed by atoms with Gasteiger partial charge in [0.25, 0.3) is 0 Å². The normalized spacial score (nSPS) is 19.8. The lowest BCUT2D eigenvalue weighted by Crippen LogP contribution is -2.33. The van der Waals surface area contributed by atoms with Gasteiger partial charge in [-0.15, -0.1) is 0 Å². The van der Waals surface area contributed by atoms with Gasteiger partial charge < -0.3 is 19.2 Å². The minimum atomic E-state index is -0.325. The number of benzene rings is 2. The largest absolute Gasteiger partial charge is 0.493 e. The molecule has 2 aromatic carbocycles. The lowest BCUT2D eigenvalue weighted by Gasteiger charge is -2.36. The molecule has 7 heteroatoms. The molecule has 7 nitrogen and oxygen atoms in total. The Morgan fingerprint density at radius 2 is 1.88 bits per heavy atom. The van der Waals surface area contributed by atoms with E-state index < -0.39 is 0 Å². The van der Waals surface area contributed by atoms with E-state index in [-0.39, 0.29) is 17.7 Å². The van der Waals surface area contributed by atoms with Gasteiger partial charge in [0.1, 0.15) is 5.76 Å². The van der Waals surface area contributed by atoms with Crippen molar-refractivity contribution in [1.82, 2.24) is 9.55 Å². The van der Waals surface area contributed by atoms with E-state index in [2.05, 4.69) is 9.88 Å². The second-order valence-electron chi connectivity index (χ2n) is 8.37. The zero-order valence-electron chi connectivity index (χ0n) is 18.4. The number of nitrogens with one attached hydrogen (secondary N) is 1. The molecule has 1 aliphatic heterocycles. The third-order valence-corrected chi connectivity index (χ3v) is 6.57. The van der Waals surface area contributed by atoms with Gasteiger partial charge in [0.15, 0.2) is 17.3 Å². The van der Waals surface area contributed by atoms with Crippen LogP contribution in [0.2, 0.25) is 0 Å². The molecule has 3 heterocycles. The van der Waals surface area contributed by atoms with Crippen molar-refractivity contribution in [1.29, 1.82) is 0 Å². The van der Waals surface area contributed by atoms with Crippen molar-refractivity contribution in [3.63, 3.8) is 0 Å². The van der Waals surface area contributed by atoms with Crippen LogP contribution in [0.5, 0.6) is 11.5 Å². The molecular weight excluding hydrogens is 418 g/mol. The van der Waals surface area contributed by atoms with Crippen LogP contribution in [0.3, 0.4) is 0 Å². The number of anilines is 1. The summed E-state index contributed by atoms with van der Waals surface area (Å²) in [5, 5.41) is 3.47. The molecular formula is C26H23N3O4. The van der Waals surface area contributed by atoms with Crippen molar-refractivity contribution >= 4 is 22.8 Å². The summed E-state index contributed by atoms with van der Waals surface area (Å²) in [7, 11) is 3.23. The van der Waals surface area contributed by atoms with Gasteiger partial charge in [0.2, 0.25) is 5.95 Å². The van der Waals surface area contributed by atoms with E-state index in [1.807, 2.05) is 54.6 Å². The first kappa shape index (κ1) is 19.7. The van der Waals surface area contributed by atoms with E-state index in [4.69, 9.17) is 18.9 Å². The number of nitrogens with zero attached hydrogens (tertiary/aromatic N) is 2. The van der Waals surface area contributed by atoms with E-state index in [1.165, 1.54) is 0 Å². The number of aromatic nitrogens is 2. The highest BCUT2D eigenvalue weighted by molar-refractivity contribution is 6.01. The molecule has 0 spiro atoms. The number of carbonyl (C=O) groups excluding carboxylic acids is 1. The first-order valence-corrected chi connectivity index (χ1v) is 10.9. The van der Waals surface area contributed by atoms with Gasteiger partial charge in [-0.3, -0.25) is 9.36 Å². The highest BCUT2D eigenvalue weighted by Crippen LogP contribution is 2.47. The van der Waals surface area contributed by atoms with Crippen LogP contribution in [0.15, 0.2) is 76.5 Å². The molecule has 0 saturated carbocycles. The Morgan fingerprint density at radius 3 is 2.67 bits per heavy atom. The lowest BCUT2D eigenvalue weighted by molar-refractivity contribution is -0.116. The van der Waals surface area contributed by atoms with E-state index in [0.717, 1.165) is 39.6 Å². The van der Waals surface area contributed by atoms with Crippen LogP contribution >= 0.6 is 0 Å². The van der Waals surface area contributed by atoms with Gasteiger partial charge in [-0.2, -0.15) is 0 Å². The molecule has 0 bridgehead atoms. The zero-order chi connectivity index (χ0) is 22.5. The second kappa shape index (κ2) is 7.55. The topological polar surface area (TPSA) is 78.5 Å². The van der Waals surface area contributed by atoms with Gasteiger partial charge in [-0.1, -0.05) is 18.2 Å². The first-order valence-electron chi connectivity index (χ1n) is 10.9. The number of ketones is 1. The Bertz CT molecular complexity index is 1400. The molecule has 0 saturated heterocycles.